The molecule has 0 spiro atoms. The first-order chi connectivity index (χ1) is 6.68. The zero-order valence-electron chi connectivity index (χ0n) is 7.20. The second kappa shape index (κ2) is 4.90. The third kappa shape index (κ3) is 2.47. The Hall–Kier alpha value is -0.670. The molecule has 2 rings (SSSR count). The molecular weight excluding hydrogens is 314 g/mol. The normalized spacial score (nSPS) is 9.67. The average molecular weight is 324 g/mol. The van der Waals surface area contributed by atoms with E-state index in [0.717, 1.165) is 5.39 Å². The molecule has 0 aliphatic carbocycles. The van der Waals surface area contributed by atoms with Gasteiger partial charge in [-0.05, 0) is 29.0 Å². The van der Waals surface area contributed by atoms with E-state index in [2.05, 4.69) is 0 Å². The van der Waals surface area contributed by atoms with E-state index in [1.807, 2.05) is 12.1 Å². The van der Waals surface area contributed by atoms with Crippen LogP contribution >= 0.6 is 11.6 Å². The summed E-state index contributed by atoms with van der Waals surface area (Å²) in [5, 5.41) is 11.0. The van der Waals surface area contributed by atoms with Crippen LogP contribution in [-0.4, -0.2) is 36.9 Å². The van der Waals surface area contributed by atoms with Gasteiger partial charge in [-0.25, -0.2) is 4.79 Å². The van der Waals surface area contributed by atoms with Crippen LogP contribution in [0.1, 0.15) is 10.4 Å². The van der Waals surface area contributed by atoms with Gasteiger partial charge in [-0.15, -0.1) is 0 Å². The van der Waals surface area contributed by atoms with E-state index in [9.17, 15) is 4.79 Å². The van der Waals surface area contributed by atoms with E-state index in [-0.39, 0.29) is 31.4 Å². The van der Waals surface area contributed by atoms with Crippen molar-refractivity contribution in [3.05, 3.63) is 47.0 Å². The van der Waals surface area contributed by atoms with Gasteiger partial charge in [0.15, 0.2) is 0 Å². The molecule has 0 saturated heterocycles. The summed E-state index contributed by atoms with van der Waals surface area (Å²) in [6.07, 6.45) is 0. The van der Waals surface area contributed by atoms with Gasteiger partial charge in [0.25, 0.3) is 0 Å². The van der Waals surface area contributed by atoms with Crippen LogP contribution in [0.4, 0.5) is 0 Å². The molecule has 4 heteroatoms. The first kappa shape index (κ1) is 12.4. The minimum absolute atomic E-state index is 0. The number of carboxylic acids is 1. The van der Waals surface area contributed by atoms with Crippen LogP contribution in [0, 0.1) is 0 Å². The number of hydrogen-bond acceptors (Lipinski definition) is 1. The van der Waals surface area contributed by atoms with Gasteiger partial charge in [-0.1, -0.05) is 29.8 Å². The third-order valence-electron chi connectivity index (χ3n) is 2.07. The Kier molecular flexibility index (Phi) is 4.05. The molecule has 2 nitrogen and oxygen atoms in total. The van der Waals surface area contributed by atoms with Crippen molar-refractivity contribution in [2.24, 2.45) is 0 Å². The number of fused-ring (bicyclic) bond motifs is 1. The summed E-state index contributed by atoms with van der Waals surface area (Å²) < 4.78 is 0. The summed E-state index contributed by atoms with van der Waals surface area (Å²) in [5.74, 6) is -0.933. The van der Waals surface area contributed by atoms with Gasteiger partial charge in [0.05, 0.1) is 5.56 Å². The number of halogens is 1. The molecule has 0 atom stereocenters. The van der Waals surface area contributed by atoms with Crippen molar-refractivity contribution in [3.63, 3.8) is 0 Å². The van der Waals surface area contributed by atoms with Crippen LogP contribution in [-0.2, 0) is 0 Å². The van der Waals surface area contributed by atoms with Crippen LogP contribution in [0.25, 0.3) is 10.8 Å². The van der Waals surface area contributed by atoms with Crippen molar-refractivity contribution in [1.82, 2.24) is 0 Å². The molecule has 0 radical (unpaired) electrons. The molecule has 2 aromatic rings. The summed E-state index contributed by atoms with van der Waals surface area (Å²) >= 11 is 5.80. The maximum atomic E-state index is 10.9. The fraction of sp³-hybridized carbons (Fsp3) is 0. The predicted molar refractivity (Wildman–Crippen MR) is 65.9 cm³/mol. The van der Waals surface area contributed by atoms with Gasteiger partial charge in [0.1, 0.15) is 0 Å². The summed E-state index contributed by atoms with van der Waals surface area (Å²) in [7, 11) is 0. The molecule has 0 aliphatic heterocycles. The van der Waals surface area contributed by atoms with Crippen molar-refractivity contribution in [2.75, 3.05) is 0 Å². The third-order valence-corrected chi connectivity index (χ3v) is 2.31. The van der Waals surface area contributed by atoms with Crippen molar-refractivity contribution in [3.8, 4) is 0 Å². The van der Waals surface area contributed by atoms with E-state index >= 15 is 0 Å². The Labute approximate surface area is 111 Å². The minimum atomic E-state index is -0.933. The molecule has 0 amide bonds. The van der Waals surface area contributed by atoms with Crippen molar-refractivity contribution >= 4 is 54.2 Å². The van der Waals surface area contributed by atoms with E-state index in [4.69, 9.17) is 16.7 Å². The first-order valence-electron chi connectivity index (χ1n) is 4.10. The zero-order valence-corrected chi connectivity index (χ0v) is 7.95. The van der Waals surface area contributed by atoms with Crippen LogP contribution in [0.5, 0.6) is 0 Å². The summed E-state index contributed by atoms with van der Waals surface area (Å²) in [5.41, 5.74) is 0.282. The molecule has 0 fully saturated rings. The molecule has 0 aromatic heterocycles. The molecule has 2 aromatic carbocycles. The average Bonchev–Trinajstić information content (AvgIpc) is 2.16. The van der Waals surface area contributed by atoms with E-state index in [1.54, 1.807) is 24.3 Å². The van der Waals surface area contributed by atoms with Crippen molar-refractivity contribution < 1.29 is 9.90 Å². The Morgan fingerprint density at radius 1 is 1.20 bits per heavy atom. The number of benzene rings is 2. The fourth-order valence-corrected chi connectivity index (χ4v) is 1.60. The molecule has 0 unspecified atom stereocenters. The van der Waals surface area contributed by atoms with E-state index in [0.29, 0.717) is 10.4 Å². The number of carboxylic acid groups (broad SMARTS) is 1. The molecule has 0 saturated carbocycles. The Morgan fingerprint density at radius 3 is 2.60 bits per heavy atom. The standard InChI is InChI=1S/C11H7ClO2.In.3H/c12-8-5-4-7-2-1-3-9(11(13)14)10(7)6-8;;;;/h1-6H,(H,13,14);;;;. The Bertz CT molecular complexity index is 511. The number of rotatable bonds is 1. The van der Waals surface area contributed by atoms with Crippen molar-refractivity contribution in [1.29, 1.82) is 0 Å². The quantitative estimate of drug-likeness (QED) is 0.871. The van der Waals surface area contributed by atoms with Crippen LogP contribution < -0.4 is 0 Å². The topological polar surface area (TPSA) is 37.3 Å². The van der Waals surface area contributed by atoms with Crippen molar-refractivity contribution in [2.45, 2.75) is 0 Å². The first-order valence-corrected chi connectivity index (χ1v) is 4.48. The predicted octanol–water partition coefficient (Wildman–Crippen LogP) is 2.01. The second-order valence-corrected chi connectivity index (χ2v) is 3.41. The van der Waals surface area contributed by atoms with Gasteiger partial charge >= 0.3 is 31.8 Å². The maximum absolute atomic E-state index is 10.9. The SMILES string of the molecule is O=C(O)c1cccc2ccc(Cl)cc12.[InH3]. The van der Waals surface area contributed by atoms with Crippen LogP contribution in [0.2, 0.25) is 5.02 Å². The van der Waals surface area contributed by atoms with Gasteiger partial charge in [0, 0.05) is 5.02 Å². The molecule has 0 aliphatic rings. The Morgan fingerprint density at radius 2 is 1.93 bits per heavy atom. The van der Waals surface area contributed by atoms with Gasteiger partial charge in [-0.3, -0.25) is 0 Å². The number of carbonyl (C=O) groups is 1. The summed E-state index contributed by atoms with van der Waals surface area (Å²) in [4.78, 5) is 10.9. The molecule has 0 bridgehead atoms. The second-order valence-electron chi connectivity index (χ2n) is 2.98. The fourth-order valence-electron chi connectivity index (χ4n) is 1.43. The molecule has 1 N–H and O–H groups in total. The zero-order chi connectivity index (χ0) is 10.1. The number of aromatic carboxylic acids is 1. The molecular formula is C11H10ClInO2. The molecule has 0 heterocycles. The van der Waals surface area contributed by atoms with Gasteiger partial charge < -0.3 is 5.11 Å². The molecule has 76 valence electrons. The summed E-state index contributed by atoms with van der Waals surface area (Å²) in [6, 6.07) is 10.4. The molecule has 15 heavy (non-hydrogen) atoms. The Balaban J connectivity index is 0.00000112. The number of hydrogen-bond donors (Lipinski definition) is 1. The van der Waals surface area contributed by atoms with Gasteiger partial charge in [0.2, 0.25) is 0 Å². The van der Waals surface area contributed by atoms with Crippen LogP contribution in [0.15, 0.2) is 36.4 Å². The monoisotopic (exact) mass is 324 g/mol. The van der Waals surface area contributed by atoms with E-state index < -0.39 is 5.97 Å². The van der Waals surface area contributed by atoms with E-state index in [1.165, 1.54) is 0 Å². The van der Waals surface area contributed by atoms with Gasteiger partial charge in [-0.2, -0.15) is 0 Å². The summed E-state index contributed by atoms with van der Waals surface area (Å²) in [6.45, 7) is 0. The van der Waals surface area contributed by atoms with Crippen LogP contribution in [0.3, 0.4) is 0 Å².